The topological polar surface area (TPSA) is 0 Å². The van der Waals surface area contributed by atoms with Crippen LogP contribution in [0.2, 0.25) is 0 Å². The third kappa shape index (κ3) is 1.68. The third-order valence-corrected chi connectivity index (χ3v) is 3.19. The molecule has 0 aliphatic heterocycles. The first-order valence-corrected chi connectivity index (χ1v) is 5.56. The maximum absolute atomic E-state index is 2.37. The summed E-state index contributed by atoms with van der Waals surface area (Å²) in [6.07, 6.45) is 3.62. The number of aryl methyl sites for hydroxylation is 2. The molecule has 0 radical (unpaired) electrons. The van der Waals surface area contributed by atoms with Crippen LogP contribution >= 0.6 is 0 Å². The largest absolute Gasteiger partial charge is 0.0622 e. The summed E-state index contributed by atoms with van der Waals surface area (Å²) in [6, 6.07) is 17.6. The lowest BCUT2D eigenvalue weighted by Crippen LogP contribution is -2.08. The predicted molar refractivity (Wildman–Crippen MR) is 63.1 cm³/mol. The van der Waals surface area contributed by atoms with Gasteiger partial charge in [-0.05, 0) is 41.5 Å². The van der Waals surface area contributed by atoms with Gasteiger partial charge in [0.25, 0.3) is 0 Å². The Morgan fingerprint density at radius 2 is 1.53 bits per heavy atom. The summed E-state index contributed by atoms with van der Waals surface area (Å²) in [6.45, 7) is 0. The van der Waals surface area contributed by atoms with Gasteiger partial charge in [-0.3, -0.25) is 0 Å². The molecule has 1 aliphatic carbocycles. The van der Waals surface area contributed by atoms with E-state index in [1.807, 2.05) is 0 Å². The second-order valence-corrected chi connectivity index (χ2v) is 4.27. The van der Waals surface area contributed by atoms with Crippen molar-refractivity contribution in [3.05, 3.63) is 70.8 Å². The fourth-order valence-corrected chi connectivity index (χ4v) is 2.19. The van der Waals surface area contributed by atoms with E-state index in [1.165, 1.54) is 24.0 Å². The van der Waals surface area contributed by atoms with Gasteiger partial charge in [0.05, 0.1) is 0 Å². The summed E-state index contributed by atoms with van der Waals surface area (Å²) in [4.78, 5) is 0. The van der Waals surface area contributed by atoms with Gasteiger partial charge >= 0.3 is 0 Å². The monoisotopic (exact) mass is 194 g/mol. The van der Waals surface area contributed by atoms with Crippen molar-refractivity contribution in [2.75, 3.05) is 0 Å². The molecule has 0 bridgehead atoms. The summed E-state index contributed by atoms with van der Waals surface area (Å²) >= 11 is 0. The Balaban J connectivity index is 1.85. The molecule has 2 aromatic carbocycles. The van der Waals surface area contributed by atoms with Gasteiger partial charge in [-0.1, -0.05) is 48.5 Å². The van der Waals surface area contributed by atoms with Crippen LogP contribution in [0.25, 0.3) is 0 Å². The maximum Gasteiger partial charge on any atom is -0.00257 e. The Labute approximate surface area is 90.6 Å². The number of benzene rings is 2. The Hall–Kier alpha value is -1.56. The minimum absolute atomic E-state index is 1.06. The van der Waals surface area contributed by atoms with E-state index in [9.17, 15) is 0 Å². The molecular weight excluding hydrogens is 180 g/mol. The molecule has 15 heavy (non-hydrogen) atoms. The molecule has 3 rings (SSSR count). The summed E-state index contributed by atoms with van der Waals surface area (Å²) in [7, 11) is 0. The second-order valence-electron chi connectivity index (χ2n) is 4.27. The van der Waals surface area contributed by atoms with Crippen molar-refractivity contribution < 1.29 is 0 Å². The molecule has 0 saturated heterocycles. The molecule has 0 atom stereocenters. The van der Waals surface area contributed by atoms with Crippen LogP contribution in [-0.2, 0) is 19.3 Å². The van der Waals surface area contributed by atoms with Gasteiger partial charge in [0.15, 0.2) is 0 Å². The van der Waals surface area contributed by atoms with E-state index in [4.69, 9.17) is 0 Å². The zero-order valence-corrected chi connectivity index (χ0v) is 8.74. The normalized spacial score (nSPS) is 13.1. The highest BCUT2D eigenvalue weighted by Gasteiger charge is 2.12. The highest BCUT2D eigenvalue weighted by molar-refractivity contribution is 5.40. The molecule has 0 amide bonds. The zero-order valence-electron chi connectivity index (χ0n) is 8.74. The van der Waals surface area contributed by atoms with E-state index >= 15 is 0 Å². The molecule has 0 aromatic heterocycles. The summed E-state index contributed by atoms with van der Waals surface area (Å²) < 4.78 is 0. The summed E-state index contributed by atoms with van der Waals surface area (Å²) in [5, 5.41) is 0. The van der Waals surface area contributed by atoms with Crippen molar-refractivity contribution in [3.63, 3.8) is 0 Å². The lowest BCUT2D eigenvalue weighted by molar-refractivity contribution is 0.834. The van der Waals surface area contributed by atoms with Crippen LogP contribution in [0.4, 0.5) is 0 Å². The van der Waals surface area contributed by atoms with Gasteiger partial charge in [0, 0.05) is 0 Å². The molecule has 74 valence electrons. The minimum Gasteiger partial charge on any atom is -0.0622 e. The molecule has 0 spiro atoms. The van der Waals surface area contributed by atoms with Crippen molar-refractivity contribution in [2.45, 2.75) is 19.3 Å². The minimum atomic E-state index is 1.06. The zero-order chi connectivity index (χ0) is 10.1. The van der Waals surface area contributed by atoms with Crippen molar-refractivity contribution in [1.82, 2.24) is 0 Å². The quantitative estimate of drug-likeness (QED) is 0.687. The molecule has 0 unspecified atom stereocenters. The van der Waals surface area contributed by atoms with Crippen molar-refractivity contribution in [3.8, 4) is 0 Å². The maximum atomic E-state index is 2.37. The van der Waals surface area contributed by atoms with Crippen molar-refractivity contribution in [2.24, 2.45) is 0 Å². The van der Waals surface area contributed by atoms with Crippen LogP contribution in [0.15, 0.2) is 48.5 Å². The van der Waals surface area contributed by atoms with Crippen LogP contribution in [0.5, 0.6) is 0 Å². The average molecular weight is 194 g/mol. The standard InChI is InChI=1S/C15H14/c1-2-4-12(5-3-1)10-13-6-7-14-8-9-15(14)11-13/h1-7,11H,8-10H2. The van der Waals surface area contributed by atoms with E-state index in [2.05, 4.69) is 48.5 Å². The van der Waals surface area contributed by atoms with E-state index in [-0.39, 0.29) is 0 Å². The van der Waals surface area contributed by atoms with Gasteiger partial charge in [0.1, 0.15) is 0 Å². The second kappa shape index (κ2) is 3.54. The van der Waals surface area contributed by atoms with E-state index < -0.39 is 0 Å². The Bertz CT molecular complexity index is 469. The van der Waals surface area contributed by atoms with Crippen LogP contribution in [0, 0.1) is 0 Å². The molecule has 0 fully saturated rings. The first-order valence-electron chi connectivity index (χ1n) is 5.56. The molecular formula is C15H14. The predicted octanol–water partition coefficient (Wildman–Crippen LogP) is 3.38. The number of fused-ring (bicyclic) bond motifs is 1. The van der Waals surface area contributed by atoms with Crippen LogP contribution in [0.1, 0.15) is 22.3 Å². The molecule has 0 heteroatoms. The molecule has 0 saturated carbocycles. The molecule has 0 nitrogen and oxygen atoms in total. The highest BCUT2D eigenvalue weighted by atomic mass is 14.2. The summed E-state index contributed by atoms with van der Waals surface area (Å²) in [5.41, 5.74) is 5.95. The van der Waals surface area contributed by atoms with E-state index in [0.717, 1.165) is 6.42 Å². The molecule has 0 N–H and O–H groups in total. The molecule has 2 aromatic rings. The highest BCUT2D eigenvalue weighted by Crippen LogP contribution is 2.24. The Morgan fingerprint density at radius 3 is 2.20 bits per heavy atom. The Morgan fingerprint density at radius 1 is 0.733 bits per heavy atom. The molecule has 0 heterocycles. The third-order valence-electron chi connectivity index (χ3n) is 3.19. The Kier molecular flexibility index (Phi) is 2.06. The molecule has 1 aliphatic rings. The first kappa shape index (κ1) is 8.72. The van der Waals surface area contributed by atoms with Crippen molar-refractivity contribution in [1.29, 1.82) is 0 Å². The number of rotatable bonds is 2. The first-order chi connectivity index (χ1) is 7.42. The summed E-state index contributed by atoms with van der Waals surface area (Å²) in [5.74, 6) is 0. The van der Waals surface area contributed by atoms with Gasteiger partial charge in [-0.25, -0.2) is 0 Å². The lowest BCUT2D eigenvalue weighted by atomic mass is 9.86. The van der Waals surface area contributed by atoms with Crippen molar-refractivity contribution >= 4 is 0 Å². The van der Waals surface area contributed by atoms with Gasteiger partial charge in [-0.2, -0.15) is 0 Å². The fourth-order valence-electron chi connectivity index (χ4n) is 2.19. The smallest absolute Gasteiger partial charge is 0.00257 e. The number of hydrogen-bond acceptors (Lipinski definition) is 0. The van der Waals surface area contributed by atoms with Gasteiger partial charge in [0.2, 0.25) is 0 Å². The fraction of sp³-hybridized carbons (Fsp3) is 0.200. The van der Waals surface area contributed by atoms with Gasteiger partial charge < -0.3 is 0 Å². The van der Waals surface area contributed by atoms with E-state index in [0.29, 0.717) is 0 Å². The van der Waals surface area contributed by atoms with Crippen LogP contribution < -0.4 is 0 Å². The number of hydrogen-bond donors (Lipinski definition) is 0. The van der Waals surface area contributed by atoms with Crippen LogP contribution in [0.3, 0.4) is 0 Å². The lowest BCUT2D eigenvalue weighted by Gasteiger charge is -2.19. The van der Waals surface area contributed by atoms with Gasteiger partial charge in [-0.15, -0.1) is 0 Å². The average Bonchev–Trinajstić information content (AvgIpc) is 2.24. The van der Waals surface area contributed by atoms with Crippen LogP contribution in [-0.4, -0.2) is 0 Å². The SMILES string of the molecule is c1ccc(Cc2ccc3c(c2)CC3)cc1. The van der Waals surface area contributed by atoms with E-state index in [1.54, 1.807) is 11.1 Å².